The number of esters is 2. The number of aliphatic hydroxyl groups excluding tert-OH is 3. The Morgan fingerprint density at radius 2 is 1.55 bits per heavy atom. The van der Waals surface area contributed by atoms with Crippen molar-refractivity contribution in [1.29, 1.82) is 0 Å². The molecule has 396 valence electrons. The number of allylic oxidation sites excluding steroid dienone is 3. The summed E-state index contributed by atoms with van der Waals surface area (Å²) in [5, 5.41) is 46.1. The molecule has 0 aliphatic carbocycles. The van der Waals surface area contributed by atoms with Crippen molar-refractivity contribution in [1.82, 2.24) is 4.90 Å². The number of aliphatic hydroxyl groups is 4. The average molecular weight is 986 g/mol. The topological polar surface area (TPSA) is 245 Å². The maximum absolute atomic E-state index is 13.8. The van der Waals surface area contributed by atoms with Crippen molar-refractivity contribution < 1.29 is 87.0 Å². The quantitative estimate of drug-likeness (QED) is 0.128. The van der Waals surface area contributed by atoms with E-state index in [1.165, 1.54) is 20.3 Å². The maximum atomic E-state index is 13.8. The Kier molecular flexibility index (Phi) is 22.8. The van der Waals surface area contributed by atoms with Gasteiger partial charge in [-0.05, 0) is 80.0 Å². The lowest BCUT2D eigenvalue weighted by Gasteiger charge is -2.50. The van der Waals surface area contributed by atoms with E-state index in [2.05, 4.69) is 0 Å². The number of carbonyl (C=O) groups excluding carboxylic acids is 4. The van der Waals surface area contributed by atoms with Crippen molar-refractivity contribution in [2.75, 3.05) is 34.9 Å². The van der Waals surface area contributed by atoms with E-state index in [9.17, 15) is 39.6 Å². The smallest absolute Gasteiger partial charge is 0.308 e. The highest BCUT2D eigenvalue weighted by atomic mass is 16.7. The zero-order valence-electron chi connectivity index (χ0n) is 43.0. The highest BCUT2D eigenvalue weighted by molar-refractivity contribution is 5.91. The average Bonchev–Trinajstić information content (AvgIpc) is 3.27. The first-order valence-electron chi connectivity index (χ1n) is 24.6. The van der Waals surface area contributed by atoms with Crippen molar-refractivity contribution in [3.05, 3.63) is 23.8 Å². The number of ether oxygens (including phenoxy) is 10. The number of carbonyl (C=O) groups is 4. The van der Waals surface area contributed by atoms with Crippen LogP contribution in [0.15, 0.2) is 23.8 Å². The first-order valence-corrected chi connectivity index (χ1v) is 24.6. The molecule has 0 aromatic rings. The molecule has 0 aromatic heterocycles. The Bertz CT molecular complexity index is 1710. The summed E-state index contributed by atoms with van der Waals surface area (Å²) >= 11 is 0. The van der Waals surface area contributed by atoms with Crippen molar-refractivity contribution >= 4 is 24.0 Å². The minimum atomic E-state index is -1.50. The van der Waals surface area contributed by atoms with Crippen molar-refractivity contribution in [3.8, 4) is 0 Å². The molecule has 0 spiro atoms. The molecule has 69 heavy (non-hydrogen) atoms. The minimum absolute atomic E-state index is 0.0142. The molecule has 3 fully saturated rings. The minimum Gasteiger partial charge on any atom is -0.462 e. The number of nitrogens with zero attached hydrogens (tertiary/aromatic N) is 1. The van der Waals surface area contributed by atoms with Gasteiger partial charge in [-0.1, -0.05) is 45.4 Å². The Morgan fingerprint density at radius 1 is 0.884 bits per heavy atom. The van der Waals surface area contributed by atoms with Gasteiger partial charge in [0, 0.05) is 51.2 Å². The van der Waals surface area contributed by atoms with E-state index in [4.69, 9.17) is 47.4 Å². The summed E-state index contributed by atoms with van der Waals surface area (Å²) in [5.41, 5.74) is -0.822. The molecule has 4 heterocycles. The predicted molar refractivity (Wildman–Crippen MR) is 249 cm³/mol. The van der Waals surface area contributed by atoms with Gasteiger partial charge in [-0.3, -0.25) is 14.4 Å². The Morgan fingerprint density at radius 3 is 2.14 bits per heavy atom. The van der Waals surface area contributed by atoms with Gasteiger partial charge in [-0.25, -0.2) is 0 Å². The number of hydrogen-bond acceptors (Lipinski definition) is 19. The summed E-state index contributed by atoms with van der Waals surface area (Å²) in [6.45, 7) is 15.6. The molecule has 4 rings (SSSR count). The highest BCUT2D eigenvalue weighted by Gasteiger charge is 2.53. The Labute approximate surface area is 408 Å². The molecule has 0 bridgehead atoms. The number of methoxy groups -OCH3 is 2. The van der Waals surface area contributed by atoms with Crippen LogP contribution < -0.4 is 0 Å². The van der Waals surface area contributed by atoms with Gasteiger partial charge in [-0.15, -0.1) is 0 Å². The lowest BCUT2D eigenvalue weighted by atomic mass is 9.79. The van der Waals surface area contributed by atoms with Crippen LogP contribution in [0.25, 0.3) is 0 Å². The Balaban J connectivity index is 1.60. The number of ketones is 1. The van der Waals surface area contributed by atoms with Gasteiger partial charge in [0.2, 0.25) is 0 Å². The fraction of sp³-hybridized carbons (Fsp3) is 0.840. The van der Waals surface area contributed by atoms with Gasteiger partial charge in [0.15, 0.2) is 30.8 Å². The van der Waals surface area contributed by atoms with Crippen LogP contribution in [0.3, 0.4) is 0 Å². The normalized spacial score (nSPS) is 43.4. The first kappa shape index (κ1) is 58.8. The molecular formula is C50H83NO18. The lowest BCUT2D eigenvalue weighted by molar-refractivity contribution is -0.342. The Hall–Kier alpha value is -2.76. The second-order valence-corrected chi connectivity index (χ2v) is 20.0. The van der Waals surface area contributed by atoms with Gasteiger partial charge in [-0.2, -0.15) is 0 Å². The number of cyclic esters (lactones) is 1. The van der Waals surface area contributed by atoms with Gasteiger partial charge in [0.25, 0.3) is 0 Å². The SMILES string of the molecule is CCCC(=O)OC1C(C)OC(OC2C(C)OC(O[C@H]3[C@@H](CC=O)C[C@@H](C)C(=O)/C=C/C(C)=C/[C@H](COC4OC(C)C(O)C(OC)C4OC)[C@@H](CC)OC(=O)C[C@@H](O)[C@@H]3C)C(O)C2N(C)C)CC1(C)O. The summed E-state index contributed by atoms with van der Waals surface area (Å²) in [5.74, 6) is -4.10. The van der Waals surface area contributed by atoms with Crippen LogP contribution >= 0.6 is 0 Å². The van der Waals surface area contributed by atoms with Gasteiger partial charge in [0.1, 0.15) is 48.5 Å². The van der Waals surface area contributed by atoms with Crippen LogP contribution in [-0.2, 0) is 66.5 Å². The van der Waals surface area contributed by atoms with Gasteiger partial charge in [0.05, 0.1) is 49.6 Å². The third kappa shape index (κ3) is 15.4. The molecule has 4 aliphatic heterocycles. The van der Waals surface area contributed by atoms with Crippen LogP contribution in [0.2, 0.25) is 0 Å². The molecule has 19 heteroatoms. The van der Waals surface area contributed by atoms with Crippen molar-refractivity contribution in [2.45, 2.75) is 211 Å². The van der Waals surface area contributed by atoms with Crippen LogP contribution in [0.5, 0.6) is 0 Å². The fourth-order valence-electron chi connectivity index (χ4n) is 10.1. The molecule has 3 saturated heterocycles. The van der Waals surface area contributed by atoms with E-state index in [1.807, 2.05) is 19.9 Å². The summed E-state index contributed by atoms with van der Waals surface area (Å²) < 4.78 is 60.8. The van der Waals surface area contributed by atoms with Crippen LogP contribution in [0, 0.1) is 23.7 Å². The van der Waals surface area contributed by atoms with Crippen molar-refractivity contribution in [3.63, 3.8) is 0 Å². The second-order valence-electron chi connectivity index (χ2n) is 20.0. The zero-order valence-corrected chi connectivity index (χ0v) is 43.0. The monoisotopic (exact) mass is 986 g/mol. The van der Waals surface area contributed by atoms with Crippen LogP contribution in [0.4, 0.5) is 0 Å². The highest BCUT2D eigenvalue weighted by Crippen LogP contribution is 2.38. The van der Waals surface area contributed by atoms with E-state index in [1.54, 1.807) is 73.5 Å². The van der Waals surface area contributed by atoms with Gasteiger partial charge >= 0.3 is 11.9 Å². The van der Waals surface area contributed by atoms with E-state index in [0.717, 1.165) is 6.29 Å². The molecule has 14 unspecified atom stereocenters. The molecule has 0 saturated carbocycles. The largest absolute Gasteiger partial charge is 0.462 e. The third-order valence-corrected chi connectivity index (χ3v) is 14.1. The molecule has 0 amide bonds. The summed E-state index contributed by atoms with van der Waals surface area (Å²) in [7, 11) is 6.43. The summed E-state index contributed by atoms with van der Waals surface area (Å²) in [4.78, 5) is 54.1. The standard InChI is InChI=1S/C50H83NO18/c1-14-16-37(55)67-47-31(8)63-39(24-50(47,9)59)68-44-30(7)65-48(42(58)40(44)51(10)11)69-43-28(5)35(54)23-38(56)66-36(15-2)33(21-26(3)17-18-34(53)27(4)22-32(43)19-20-52)25-62-49-46(61-13)45(60-12)41(57)29(6)64-49/h17-18,20-21,27-33,35-36,39-49,54,57-59H,14-16,19,22-25H2,1-13H3/b18-17+,26-21+/t27-,28+,29?,30?,31?,32+,33-,35-,36-,39?,40?,41?,42?,43-,44?,45?,46?,47?,48?,49?,50?/m1/s1. The van der Waals surface area contributed by atoms with E-state index in [0.29, 0.717) is 18.4 Å². The molecule has 19 nitrogen and oxygen atoms in total. The van der Waals surface area contributed by atoms with Crippen LogP contribution in [-0.4, -0.2) is 188 Å². The number of hydrogen-bond donors (Lipinski definition) is 4. The first-order chi connectivity index (χ1) is 32.5. The third-order valence-electron chi connectivity index (χ3n) is 14.1. The number of rotatable bonds is 16. The van der Waals surface area contributed by atoms with Gasteiger partial charge < -0.3 is 77.5 Å². The molecule has 4 aliphatic rings. The van der Waals surface area contributed by atoms with Crippen molar-refractivity contribution in [2.24, 2.45) is 23.7 Å². The summed E-state index contributed by atoms with van der Waals surface area (Å²) in [6, 6.07) is -0.778. The van der Waals surface area contributed by atoms with E-state index >= 15 is 0 Å². The molecule has 21 atom stereocenters. The maximum Gasteiger partial charge on any atom is 0.308 e. The number of aldehydes is 1. The molecular weight excluding hydrogens is 903 g/mol. The molecule has 0 radical (unpaired) electrons. The van der Waals surface area contributed by atoms with E-state index < -0.39 is 146 Å². The molecule has 4 N–H and O–H groups in total. The van der Waals surface area contributed by atoms with Crippen LogP contribution in [0.1, 0.15) is 107 Å². The molecule has 0 aromatic carbocycles. The lowest BCUT2D eigenvalue weighted by Crippen LogP contribution is -2.65. The number of likely N-dealkylation sites (N-methyl/N-ethyl adjacent to an activating group) is 1. The zero-order chi connectivity index (χ0) is 51.5. The van der Waals surface area contributed by atoms with E-state index in [-0.39, 0.29) is 38.1 Å². The summed E-state index contributed by atoms with van der Waals surface area (Å²) in [6.07, 6.45) is -7.78. The predicted octanol–water partition coefficient (Wildman–Crippen LogP) is 3.18. The fourth-order valence-corrected chi connectivity index (χ4v) is 10.1. The second kappa shape index (κ2) is 26.8.